The van der Waals surface area contributed by atoms with E-state index in [9.17, 15) is 0 Å². The van der Waals surface area contributed by atoms with Gasteiger partial charge in [-0.1, -0.05) is 54.6 Å². The van der Waals surface area contributed by atoms with Gasteiger partial charge in [0.2, 0.25) is 5.95 Å². The van der Waals surface area contributed by atoms with Crippen molar-refractivity contribution in [2.24, 2.45) is 0 Å². The second-order valence-electron chi connectivity index (χ2n) is 6.68. The molecule has 126 valence electrons. The smallest absolute Gasteiger partial charge is 0.221 e. The maximum atomic E-state index is 5.86. The van der Waals surface area contributed by atoms with E-state index >= 15 is 0 Å². The maximum absolute atomic E-state index is 5.86. The number of nitrogens with two attached hydrogens (primary N) is 1. The van der Waals surface area contributed by atoms with Gasteiger partial charge in [-0.2, -0.15) is 4.98 Å². The molecule has 0 bridgehead atoms. The largest absolute Gasteiger partial charge is 0.368 e. The highest BCUT2D eigenvalue weighted by Gasteiger charge is 2.26. The molecule has 4 nitrogen and oxygen atoms in total. The van der Waals surface area contributed by atoms with Crippen LogP contribution in [0.1, 0.15) is 41.1 Å². The first-order valence-electron chi connectivity index (χ1n) is 8.71. The zero-order valence-corrected chi connectivity index (χ0v) is 14.3. The van der Waals surface area contributed by atoms with E-state index in [0.29, 0.717) is 11.9 Å². The maximum Gasteiger partial charge on any atom is 0.221 e. The van der Waals surface area contributed by atoms with Gasteiger partial charge in [0.15, 0.2) is 0 Å². The van der Waals surface area contributed by atoms with E-state index in [1.165, 1.54) is 16.7 Å². The average molecular weight is 330 g/mol. The minimum absolute atomic E-state index is 0.151. The molecule has 0 aliphatic heterocycles. The van der Waals surface area contributed by atoms with Crippen LogP contribution in [0.3, 0.4) is 0 Å². The highest BCUT2D eigenvalue weighted by atomic mass is 15.1. The number of nitrogens with zero attached hydrogens (tertiary/aromatic N) is 2. The Balaban J connectivity index is 1.62. The molecule has 0 spiro atoms. The molecule has 1 aliphatic rings. The zero-order chi connectivity index (χ0) is 17.2. The van der Waals surface area contributed by atoms with Gasteiger partial charge >= 0.3 is 0 Å². The molecule has 1 atom stereocenters. The van der Waals surface area contributed by atoms with E-state index in [2.05, 4.69) is 70.7 Å². The van der Waals surface area contributed by atoms with E-state index in [4.69, 9.17) is 5.73 Å². The molecular weight excluding hydrogens is 308 g/mol. The van der Waals surface area contributed by atoms with Crippen LogP contribution in [-0.4, -0.2) is 9.97 Å². The summed E-state index contributed by atoms with van der Waals surface area (Å²) in [5.41, 5.74) is 11.1. The molecule has 0 saturated carbocycles. The number of benzene rings is 2. The van der Waals surface area contributed by atoms with Gasteiger partial charge in [-0.15, -0.1) is 0 Å². The lowest BCUT2D eigenvalue weighted by Gasteiger charge is -2.20. The molecule has 1 aliphatic carbocycles. The third-order valence-electron chi connectivity index (χ3n) is 4.98. The van der Waals surface area contributed by atoms with Gasteiger partial charge < -0.3 is 11.1 Å². The van der Waals surface area contributed by atoms with Crippen molar-refractivity contribution in [3.8, 4) is 0 Å². The lowest BCUT2D eigenvalue weighted by molar-refractivity contribution is 0.728. The Morgan fingerprint density at radius 1 is 1.00 bits per heavy atom. The Bertz CT molecular complexity index is 851. The molecule has 1 unspecified atom stereocenters. The lowest BCUT2D eigenvalue weighted by Crippen LogP contribution is -2.14. The van der Waals surface area contributed by atoms with Crippen molar-refractivity contribution in [2.75, 3.05) is 11.1 Å². The summed E-state index contributed by atoms with van der Waals surface area (Å²) in [6, 6.07) is 19.2. The minimum Gasteiger partial charge on any atom is -0.368 e. The van der Waals surface area contributed by atoms with Crippen molar-refractivity contribution in [3.63, 3.8) is 0 Å². The van der Waals surface area contributed by atoms with E-state index < -0.39 is 0 Å². The number of hydrogen-bond acceptors (Lipinski definition) is 4. The standard InChI is InChI=1S/C21H22N4/c1-14(15-7-3-2-4-8-15)24-20-19(13-23-21(22)25-20)18-11-16-9-5-6-10-17(16)12-18/h2-10,13-14,18H,11-12H2,1H3,(H3,22,23,24,25). The highest BCUT2D eigenvalue weighted by Crippen LogP contribution is 2.37. The van der Waals surface area contributed by atoms with Crippen molar-refractivity contribution in [2.45, 2.75) is 31.7 Å². The summed E-state index contributed by atoms with van der Waals surface area (Å²) >= 11 is 0. The third-order valence-corrected chi connectivity index (χ3v) is 4.98. The number of hydrogen-bond donors (Lipinski definition) is 2. The van der Waals surface area contributed by atoms with Crippen LogP contribution in [0.15, 0.2) is 60.8 Å². The van der Waals surface area contributed by atoms with Gasteiger partial charge in [0.25, 0.3) is 0 Å². The molecule has 2 aromatic carbocycles. The van der Waals surface area contributed by atoms with Crippen LogP contribution in [-0.2, 0) is 12.8 Å². The molecule has 0 fully saturated rings. The Labute approximate surface area is 148 Å². The van der Waals surface area contributed by atoms with Crippen LogP contribution in [0.2, 0.25) is 0 Å². The average Bonchev–Trinajstić information content (AvgIpc) is 3.06. The fraction of sp³-hybridized carbons (Fsp3) is 0.238. The first-order valence-corrected chi connectivity index (χ1v) is 8.71. The number of anilines is 2. The second-order valence-corrected chi connectivity index (χ2v) is 6.68. The number of rotatable bonds is 4. The molecule has 3 N–H and O–H groups in total. The summed E-state index contributed by atoms with van der Waals surface area (Å²) < 4.78 is 0. The first kappa shape index (κ1) is 15.6. The van der Waals surface area contributed by atoms with Gasteiger partial charge in [0, 0.05) is 17.8 Å². The van der Waals surface area contributed by atoms with Crippen molar-refractivity contribution >= 4 is 11.8 Å². The van der Waals surface area contributed by atoms with Crippen LogP contribution < -0.4 is 11.1 Å². The van der Waals surface area contributed by atoms with Crippen molar-refractivity contribution in [1.82, 2.24) is 9.97 Å². The van der Waals surface area contributed by atoms with Crippen molar-refractivity contribution in [3.05, 3.63) is 83.0 Å². The Hall–Kier alpha value is -2.88. The molecule has 4 rings (SSSR count). The van der Waals surface area contributed by atoms with Crippen LogP contribution in [0.4, 0.5) is 11.8 Å². The summed E-state index contributed by atoms with van der Waals surface area (Å²) in [4.78, 5) is 8.76. The SMILES string of the molecule is CC(Nc1nc(N)ncc1C1Cc2ccccc2C1)c1ccccc1. The topological polar surface area (TPSA) is 63.8 Å². The van der Waals surface area contributed by atoms with Crippen molar-refractivity contribution in [1.29, 1.82) is 0 Å². The quantitative estimate of drug-likeness (QED) is 0.755. The molecule has 0 amide bonds. The molecular formula is C21H22N4. The van der Waals surface area contributed by atoms with E-state index in [1.807, 2.05) is 12.3 Å². The minimum atomic E-state index is 0.151. The van der Waals surface area contributed by atoms with Crippen LogP contribution in [0, 0.1) is 0 Å². The summed E-state index contributed by atoms with van der Waals surface area (Å²) in [7, 11) is 0. The summed E-state index contributed by atoms with van der Waals surface area (Å²) in [5, 5.41) is 3.54. The molecule has 1 heterocycles. The van der Waals surface area contributed by atoms with Gasteiger partial charge in [-0.25, -0.2) is 4.98 Å². The molecule has 1 aromatic heterocycles. The molecule has 3 aromatic rings. The number of fused-ring (bicyclic) bond motifs is 1. The Morgan fingerprint density at radius 3 is 2.32 bits per heavy atom. The lowest BCUT2D eigenvalue weighted by atomic mass is 9.97. The van der Waals surface area contributed by atoms with E-state index in [0.717, 1.165) is 24.2 Å². The van der Waals surface area contributed by atoms with Gasteiger partial charge in [-0.05, 0) is 42.4 Å². The predicted molar refractivity (Wildman–Crippen MR) is 102 cm³/mol. The number of aromatic nitrogens is 2. The summed E-state index contributed by atoms with van der Waals surface area (Å²) in [6.07, 6.45) is 3.94. The first-order chi connectivity index (χ1) is 12.2. The molecule has 4 heteroatoms. The fourth-order valence-electron chi connectivity index (χ4n) is 3.63. The van der Waals surface area contributed by atoms with Crippen molar-refractivity contribution < 1.29 is 0 Å². The Kier molecular flexibility index (Phi) is 4.10. The molecule has 25 heavy (non-hydrogen) atoms. The van der Waals surface area contributed by atoms with E-state index in [1.54, 1.807) is 0 Å². The zero-order valence-electron chi connectivity index (χ0n) is 14.3. The summed E-state index contributed by atoms with van der Waals surface area (Å²) in [6.45, 7) is 2.14. The monoisotopic (exact) mass is 330 g/mol. The van der Waals surface area contributed by atoms with Crippen LogP contribution in [0.25, 0.3) is 0 Å². The van der Waals surface area contributed by atoms with E-state index in [-0.39, 0.29) is 6.04 Å². The predicted octanol–water partition coefficient (Wildman–Crippen LogP) is 4.11. The third kappa shape index (κ3) is 3.20. The van der Waals surface area contributed by atoms with Crippen LogP contribution in [0.5, 0.6) is 0 Å². The second kappa shape index (κ2) is 6.55. The molecule has 0 radical (unpaired) electrons. The number of nitrogens with one attached hydrogen (secondary N) is 1. The number of nitrogen functional groups attached to an aromatic ring is 1. The normalized spacial score (nSPS) is 14.9. The van der Waals surface area contributed by atoms with Gasteiger partial charge in [0.05, 0.1) is 0 Å². The Morgan fingerprint density at radius 2 is 1.64 bits per heavy atom. The fourth-order valence-corrected chi connectivity index (χ4v) is 3.63. The van der Waals surface area contributed by atoms with Crippen LogP contribution >= 0.6 is 0 Å². The van der Waals surface area contributed by atoms with Gasteiger partial charge in [-0.3, -0.25) is 0 Å². The highest BCUT2D eigenvalue weighted by molar-refractivity contribution is 5.52. The van der Waals surface area contributed by atoms with Gasteiger partial charge in [0.1, 0.15) is 5.82 Å². The summed E-state index contributed by atoms with van der Waals surface area (Å²) in [5.74, 6) is 1.55. The molecule has 0 saturated heterocycles.